The van der Waals surface area contributed by atoms with Crippen LogP contribution in [0.3, 0.4) is 0 Å². The Balaban J connectivity index is 1.60. The number of methoxy groups -OCH3 is 1. The number of amides is 2. The number of carbonyl (C=O) groups excluding carboxylic acids is 2. The van der Waals surface area contributed by atoms with E-state index in [1.165, 1.54) is 19.2 Å². The van der Waals surface area contributed by atoms with E-state index < -0.39 is 15.9 Å². The van der Waals surface area contributed by atoms with E-state index in [0.717, 1.165) is 22.0 Å². The van der Waals surface area contributed by atoms with Crippen LogP contribution in [0.15, 0.2) is 71.8 Å². The van der Waals surface area contributed by atoms with Gasteiger partial charge in [0.2, 0.25) is 0 Å². The largest absolute Gasteiger partial charge is 0.496 e. The molecule has 0 bridgehead atoms. The molecule has 0 spiro atoms. The zero-order valence-electron chi connectivity index (χ0n) is 22.7. The molecule has 4 rings (SSSR count). The van der Waals surface area contributed by atoms with Gasteiger partial charge in [0, 0.05) is 48.2 Å². The van der Waals surface area contributed by atoms with Crippen LogP contribution in [0.2, 0.25) is 0 Å². The third-order valence-corrected chi connectivity index (χ3v) is 8.04. The van der Waals surface area contributed by atoms with Crippen molar-refractivity contribution in [2.75, 3.05) is 13.7 Å². The molecule has 39 heavy (non-hydrogen) atoms. The molecule has 0 aliphatic rings. The van der Waals surface area contributed by atoms with Gasteiger partial charge in [-0.1, -0.05) is 38.1 Å². The lowest BCUT2D eigenvalue weighted by atomic mass is 10.0. The van der Waals surface area contributed by atoms with Gasteiger partial charge in [-0.15, -0.1) is 0 Å². The zero-order valence-corrected chi connectivity index (χ0v) is 23.6. The van der Waals surface area contributed by atoms with Gasteiger partial charge in [0.1, 0.15) is 5.75 Å². The Morgan fingerprint density at radius 1 is 0.949 bits per heavy atom. The molecule has 0 aliphatic heterocycles. The van der Waals surface area contributed by atoms with Crippen molar-refractivity contribution in [3.63, 3.8) is 0 Å². The van der Waals surface area contributed by atoms with Crippen LogP contribution in [-0.4, -0.2) is 38.5 Å². The molecule has 2 amide bonds. The summed E-state index contributed by atoms with van der Waals surface area (Å²) in [6.07, 6.45) is 2.50. The number of nitrogens with zero attached hydrogens (tertiary/aromatic N) is 1. The van der Waals surface area contributed by atoms with E-state index >= 15 is 0 Å². The fourth-order valence-electron chi connectivity index (χ4n) is 4.49. The van der Waals surface area contributed by atoms with E-state index in [-0.39, 0.29) is 16.4 Å². The highest BCUT2D eigenvalue weighted by atomic mass is 32.2. The Labute approximate surface area is 229 Å². The first-order valence-electron chi connectivity index (χ1n) is 12.7. The molecule has 204 valence electrons. The van der Waals surface area contributed by atoms with E-state index in [1.54, 1.807) is 37.3 Å². The van der Waals surface area contributed by atoms with Crippen molar-refractivity contribution in [2.45, 2.75) is 32.1 Å². The SMILES string of the molecule is COc1cc(C(=O)NS(=O)(=O)c2ccccc2C)ccc1Cc1cn(C)c2ccc(C(=O)NCC(C)C)cc12. The molecule has 0 saturated heterocycles. The van der Waals surface area contributed by atoms with E-state index in [1.807, 2.05) is 49.9 Å². The molecule has 1 aromatic heterocycles. The molecule has 2 N–H and O–H groups in total. The Kier molecular flexibility index (Phi) is 8.11. The molecule has 0 radical (unpaired) electrons. The maximum Gasteiger partial charge on any atom is 0.265 e. The average molecular weight is 548 g/mol. The number of hydrogen-bond acceptors (Lipinski definition) is 5. The van der Waals surface area contributed by atoms with Crippen molar-refractivity contribution in [1.29, 1.82) is 0 Å². The predicted octanol–water partition coefficient (Wildman–Crippen LogP) is 4.59. The number of carbonyl (C=O) groups is 2. The van der Waals surface area contributed by atoms with Crippen molar-refractivity contribution in [2.24, 2.45) is 13.0 Å². The molecule has 1 heterocycles. The van der Waals surface area contributed by atoms with Gasteiger partial charge in [-0.2, -0.15) is 0 Å². The number of rotatable bonds is 9. The second-order valence-electron chi connectivity index (χ2n) is 10.0. The minimum Gasteiger partial charge on any atom is -0.496 e. The number of ether oxygens (including phenoxy) is 1. The third kappa shape index (κ3) is 6.15. The van der Waals surface area contributed by atoms with Gasteiger partial charge >= 0.3 is 0 Å². The number of hydrogen-bond donors (Lipinski definition) is 2. The van der Waals surface area contributed by atoms with Gasteiger partial charge in [0.15, 0.2) is 0 Å². The maximum absolute atomic E-state index is 12.9. The number of sulfonamides is 1. The predicted molar refractivity (Wildman–Crippen MR) is 152 cm³/mol. The Hall–Kier alpha value is -4.11. The lowest BCUT2D eigenvalue weighted by Gasteiger charge is -2.12. The summed E-state index contributed by atoms with van der Waals surface area (Å²) < 4.78 is 35.3. The van der Waals surface area contributed by atoms with Crippen LogP contribution in [0.1, 0.15) is 51.3 Å². The number of fused-ring (bicyclic) bond motifs is 1. The molecular formula is C30H33N3O5S. The molecule has 9 heteroatoms. The summed E-state index contributed by atoms with van der Waals surface area (Å²) >= 11 is 0. The first-order valence-corrected chi connectivity index (χ1v) is 14.1. The summed E-state index contributed by atoms with van der Waals surface area (Å²) in [5.74, 6) is -0.0527. The number of aryl methyl sites for hydroxylation is 2. The van der Waals surface area contributed by atoms with Crippen LogP contribution >= 0.6 is 0 Å². The van der Waals surface area contributed by atoms with Gasteiger partial charge in [-0.3, -0.25) is 9.59 Å². The maximum atomic E-state index is 12.9. The standard InChI is InChI=1S/C30H33N3O5S/c1-19(2)17-31-29(34)22-12-13-26-25(15-22)24(18-33(26)4)14-21-10-11-23(16-27(21)38-5)30(35)32-39(36,37)28-9-7-6-8-20(28)3/h6-13,15-16,18-19H,14,17H2,1-5H3,(H,31,34)(H,32,35). The van der Waals surface area contributed by atoms with Crippen LogP contribution in [-0.2, 0) is 23.5 Å². The van der Waals surface area contributed by atoms with E-state index in [9.17, 15) is 18.0 Å². The van der Waals surface area contributed by atoms with Crippen LogP contribution in [0.25, 0.3) is 10.9 Å². The molecule has 8 nitrogen and oxygen atoms in total. The summed E-state index contributed by atoms with van der Waals surface area (Å²) in [5.41, 5.74) is 4.09. The summed E-state index contributed by atoms with van der Waals surface area (Å²) in [5, 5.41) is 3.90. The Bertz CT molecular complexity index is 1650. The first-order chi connectivity index (χ1) is 18.5. The third-order valence-electron chi connectivity index (χ3n) is 6.55. The average Bonchev–Trinajstić information content (AvgIpc) is 3.21. The molecule has 4 aromatic rings. The fourth-order valence-corrected chi connectivity index (χ4v) is 5.71. The van der Waals surface area contributed by atoms with Gasteiger partial charge in [0.05, 0.1) is 12.0 Å². The first kappa shape index (κ1) is 27.9. The molecule has 0 saturated carbocycles. The van der Waals surface area contributed by atoms with Crippen molar-refractivity contribution >= 4 is 32.7 Å². The Morgan fingerprint density at radius 2 is 1.64 bits per heavy atom. The quantitative estimate of drug-likeness (QED) is 0.319. The van der Waals surface area contributed by atoms with Crippen molar-refractivity contribution < 1.29 is 22.7 Å². The summed E-state index contributed by atoms with van der Waals surface area (Å²) in [6.45, 7) is 6.36. The second-order valence-corrected chi connectivity index (χ2v) is 11.7. The molecular weight excluding hydrogens is 514 g/mol. The van der Waals surface area contributed by atoms with Gasteiger partial charge in [0.25, 0.3) is 21.8 Å². The van der Waals surface area contributed by atoms with E-state index in [4.69, 9.17) is 4.74 Å². The molecule has 0 fully saturated rings. The molecule has 0 unspecified atom stereocenters. The van der Waals surface area contributed by atoms with Crippen LogP contribution in [0.5, 0.6) is 5.75 Å². The Morgan fingerprint density at radius 3 is 2.33 bits per heavy atom. The monoisotopic (exact) mass is 547 g/mol. The van der Waals surface area contributed by atoms with Gasteiger partial charge in [-0.05, 0) is 65.9 Å². The second kappa shape index (κ2) is 11.3. The van der Waals surface area contributed by atoms with Crippen molar-refractivity contribution in [3.8, 4) is 5.75 Å². The summed E-state index contributed by atoms with van der Waals surface area (Å²) in [4.78, 5) is 25.6. The number of benzene rings is 3. The molecule has 3 aromatic carbocycles. The van der Waals surface area contributed by atoms with E-state index in [2.05, 4.69) is 10.0 Å². The number of aromatic nitrogens is 1. The van der Waals surface area contributed by atoms with Crippen molar-refractivity contribution in [1.82, 2.24) is 14.6 Å². The molecule has 0 aliphatic carbocycles. The minimum atomic E-state index is -4.03. The highest BCUT2D eigenvalue weighted by Gasteiger charge is 2.21. The van der Waals surface area contributed by atoms with Crippen molar-refractivity contribution in [3.05, 3.63) is 94.7 Å². The minimum absolute atomic E-state index is 0.0511. The van der Waals surface area contributed by atoms with Gasteiger partial charge < -0.3 is 14.6 Å². The van der Waals surface area contributed by atoms with Crippen LogP contribution in [0.4, 0.5) is 0 Å². The van der Waals surface area contributed by atoms with Gasteiger partial charge in [-0.25, -0.2) is 13.1 Å². The van der Waals surface area contributed by atoms with E-state index in [0.29, 0.717) is 35.8 Å². The lowest BCUT2D eigenvalue weighted by molar-refractivity contribution is 0.0947. The number of nitrogens with one attached hydrogen (secondary N) is 2. The smallest absolute Gasteiger partial charge is 0.265 e. The molecule has 0 atom stereocenters. The topological polar surface area (TPSA) is 106 Å². The highest BCUT2D eigenvalue weighted by Crippen LogP contribution is 2.29. The fraction of sp³-hybridized carbons (Fsp3) is 0.267. The summed E-state index contributed by atoms with van der Waals surface area (Å²) in [6, 6.07) is 17.0. The normalized spacial score (nSPS) is 11.5. The highest BCUT2D eigenvalue weighted by molar-refractivity contribution is 7.90. The van der Waals surface area contributed by atoms with Crippen LogP contribution < -0.4 is 14.8 Å². The lowest BCUT2D eigenvalue weighted by Crippen LogP contribution is -2.31. The zero-order chi connectivity index (χ0) is 28.3. The van der Waals surface area contributed by atoms with Crippen LogP contribution in [0, 0.1) is 12.8 Å². The summed E-state index contributed by atoms with van der Waals surface area (Å²) in [7, 11) is -0.581.